The molecule has 0 aromatic carbocycles. The Morgan fingerprint density at radius 1 is 1.58 bits per heavy atom. The smallest absolute Gasteiger partial charge is 0.225 e. The standard InChI is InChI=1S/C13H20N4O2/c1-2-17-9-11(8-12(17)18)13(19)15-4-3-6-16-7-5-14-10-16/h5,7,10-11H,2-4,6,8-9H2,1H3,(H,15,19). The predicted molar refractivity (Wildman–Crippen MR) is 70.2 cm³/mol. The van der Waals surface area contributed by atoms with Gasteiger partial charge in [0.15, 0.2) is 0 Å². The number of aryl methyl sites for hydroxylation is 1. The first-order valence-corrected chi connectivity index (χ1v) is 6.72. The van der Waals surface area contributed by atoms with Gasteiger partial charge in [-0.2, -0.15) is 0 Å². The maximum Gasteiger partial charge on any atom is 0.225 e. The highest BCUT2D eigenvalue weighted by atomic mass is 16.2. The van der Waals surface area contributed by atoms with E-state index in [1.807, 2.05) is 17.7 Å². The molecule has 6 nitrogen and oxygen atoms in total. The highest BCUT2D eigenvalue weighted by Crippen LogP contribution is 2.17. The Bertz CT molecular complexity index is 430. The fourth-order valence-electron chi connectivity index (χ4n) is 2.29. The van der Waals surface area contributed by atoms with Crippen molar-refractivity contribution in [1.29, 1.82) is 0 Å². The van der Waals surface area contributed by atoms with Crippen LogP contribution in [0.15, 0.2) is 18.7 Å². The topological polar surface area (TPSA) is 67.2 Å². The number of amides is 2. The average Bonchev–Trinajstić information content (AvgIpc) is 3.03. The zero-order valence-corrected chi connectivity index (χ0v) is 11.2. The molecule has 2 amide bonds. The van der Waals surface area contributed by atoms with Crippen molar-refractivity contribution in [1.82, 2.24) is 19.8 Å². The molecule has 1 aromatic rings. The summed E-state index contributed by atoms with van der Waals surface area (Å²) in [5, 5.41) is 2.90. The number of imidazole rings is 1. The number of carbonyl (C=O) groups is 2. The maximum absolute atomic E-state index is 11.9. The molecule has 0 radical (unpaired) electrons. The molecule has 1 N–H and O–H groups in total. The summed E-state index contributed by atoms with van der Waals surface area (Å²) in [6, 6.07) is 0. The van der Waals surface area contributed by atoms with Crippen molar-refractivity contribution in [2.24, 2.45) is 5.92 Å². The monoisotopic (exact) mass is 264 g/mol. The molecular weight excluding hydrogens is 244 g/mol. The minimum atomic E-state index is -0.180. The minimum absolute atomic E-state index is 0.00469. The summed E-state index contributed by atoms with van der Waals surface area (Å²) in [6.07, 6.45) is 6.61. The van der Waals surface area contributed by atoms with Crippen molar-refractivity contribution in [3.63, 3.8) is 0 Å². The van der Waals surface area contributed by atoms with Gasteiger partial charge >= 0.3 is 0 Å². The van der Waals surface area contributed by atoms with Gasteiger partial charge in [-0.1, -0.05) is 0 Å². The van der Waals surface area contributed by atoms with Gasteiger partial charge in [0.1, 0.15) is 0 Å². The van der Waals surface area contributed by atoms with Crippen molar-refractivity contribution in [2.75, 3.05) is 19.6 Å². The van der Waals surface area contributed by atoms with Gasteiger partial charge in [0.05, 0.1) is 12.2 Å². The number of aromatic nitrogens is 2. The molecule has 6 heteroatoms. The normalized spacial score (nSPS) is 18.9. The third kappa shape index (κ3) is 3.56. The van der Waals surface area contributed by atoms with Crippen LogP contribution < -0.4 is 5.32 Å². The Kier molecular flexibility index (Phi) is 4.54. The van der Waals surface area contributed by atoms with Crippen molar-refractivity contribution >= 4 is 11.8 Å². The third-order valence-electron chi connectivity index (χ3n) is 3.42. The molecule has 1 saturated heterocycles. The summed E-state index contributed by atoms with van der Waals surface area (Å²) >= 11 is 0. The largest absolute Gasteiger partial charge is 0.356 e. The van der Waals surface area contributed by atoms with E-state index in [4.69, 9.17) is 0 Å². The van der Waals surface area contributed by atoms with Gasteiger partial charge < -0.3 is 14.8 Å². The highest BCUT2D eigenvalue weighted by Gasteiger charge is 2.32. The fourth-order valence-corrected chi connectivity index (χ4v) is 2.29. The van der Waals surface area contributed by atoms with Gasteiger partial charge in [0.2, 0.25) is 11.8 Å². The van der Waals surface area contributed by atoms with Gasteiger partial charge in [-0.15, -0.1) is 0 Å². The van der Waals surface area contributed by atoms with E-state index >= 15 is 0 Å². The fraction of sp³-hybridized carbons (Fsp3) is 0.615. The second kappa shape index (κ2) is 6.36. The molecule has 0 bridgehead atoms. The lowest BCUT2D eigenvalue weighted by Crippen LogP contribution is -2.33. The van der Waals surface area contributed by atoms with Crippen LogP contribution in [-0.2, 0) is 16.1 Å². The molecule has 0 aliphatic carbocycles. The predicted octanol–water partition coefficient (Wildman–Crippen LogP) is 0.258. The van der Waals surface area contributed by atoms with E-state index in [2.05, 4.69) is 10.3 Å². The molecule has 1 unspecified atom stereocenters. The Morgan fingerprint density at radius 3 is 3.05 bits per heavy atom. The van der Waals surface area contributed by atoms with Crippen LogP contribution in [0, 0.1) is 5.92 Å². The maximum atomic E-state index is 11.9. The van der Waals surface area contributed by atoms with Crippen LogP contribution in [0.25, 0.3) is 0 Å². The molecular formula is C13H20N4O2. The molecule has 2 rings (SSSR count). The van der Waals surface area contributed by atoms with Crippen LogP contribution in [-0.4, -0.2) is 45.9 Å². The molecule has 104 valence electrons. The first kappa shape index (κ1) is 13.6. The van der Waals surface area contributed by atoms with Crippen molar-refractivity contribution < 1.29 is 9.59 Å². The second-order valence-corrected chi connectivity index (χ2v) is 4.78. The Labute approximate surface area is 112 Å². The summed E-state index contributed by atoms with van der Waals surface area (Å²) < 4.78 is 1.98. The van der Waals surface area contributed by atoms with E-state index in [0.717, 1.165) is 13.0 Å². The van der Waals surface area contributed by atoms with Crippen LogP contribution >= 0.6 is 0 Å². The summed E-state index contributed by atoms with van der Waals surface area (Å²) in [5.74, 6) is -0.100. The summed E-state index contributed by atoms with van der Waals surface area (Å²) in [4.78, 5) is 29.1. The average molecular weight is 264 g/mol. The number of rotatable bonds is 6. The van der Waals surface area contributed by atoms with Crippen molar-refractivity contribution in [2.45, 2.75) is 26.3 Å². The number of likely N-dealkylation sites (tertiary alicyclic amines) is 1. The van der Waals surface area contributed by atoms with Crippen LogP contribution in [0.4, 0.5) is 0 Å². The lowest BCUT2D eigenvalue weighted by atomic mass is 10.1. The quantitative estimate of drug-likeness (QED) is 0.749. The van der Waals surface area contributed by atoms with Gasteiger partial charge in [0, 0.05) is 45.0 Å². The molecule has 2 heterocycles. The molecule has 1 atom stereocenters. The zero-order chi connectivity index (χ0) is 13.7. The van der Waals surface area contributed by atoms with E-state index in [1.54, 1.807) is 17.4 Å². The number of carbonyl (C=O) groups excluding carboxylic acids is 2. The van der Waals surface area contributed by atoms with Crippen molar-refractivity contribution in [3.05, 3.63) is 18.7 Å². The van der Waals surface area contributed by atoms with E-state index in [9.17, 15) is 9.59 Å². The van der Waals surface area contributed by atoms with Crippen LogP contribution in [0.3, 0.4) is 0 Å². The van der Waals surface area contributed by atoms with Crippen LogP contribution in [0.2, 0.25) is 0 Å². The second-order valence-electron chi connectivity index (χ2n) is 4.78. The lowest BCUT2D eigenvalue weighted by molar-refractivity contribution is -0.128. The molecule has 0 saturated carbocycles. The summed E-state index contributed by atoms with van der Waals surface area (Å²) in [6.45, 7) is 4.65. The Morgan fingerprint density at radius 2 is 2.42 bits per heavy atom. The van der Waals surface area contributed by atoms with Gasteiger partial charge in [-0.25, -0.2) is 4.98 Å². The summed E-state index contributed by atoms with van der Waals surface area (Å²) in [7, 11) is 0. The van der Waals surface area contributed by atoms with E-state index < -0.39 is 0 Å². The Hall–Kier alpha value is -1.85. The zero-order valence-electron chi connectivity index (χ0n) is 11.2. The minimum Gasteiger partial charge on any atom is -0.356 e. The first-order chi connectivity index (χ1) is 9.20. The first-order valence-electron chi connectivity index (χ1n) is 6.72. The molecule has 19 heavy (non-hydrogen) atoms. The highest BCUT2D eigenvalue weighted by molar-refractivity contribution is 5.89. The molecule has 1 aliphatic heterocycles. The van der Waals surface area contributed by atoms with Gasteiger partial charge in [-0.3, -0.25) is 9.59 Å². The summed E-state index contributed by atoms with van der Waals surface area (Å²) in [5.41, 5.74) is 0. The number of nitrogens with zero attached hydrogens (tertiary/aromatic N) is 3. The van der Waals surface area contributed by atoms with E-state index in [1.165, 1.54) is 0 Å². The molecule has 0 spiro atoms. The van der Waals surface area contributed by atoms with E-state index in [0.29, 0.717) is 26.1 Å². The number of hydrogen-bond donors (Lipinski definition) is 1. The van der Waals surface area contributed by atoms with Gasteiger partial charge in [0.25, 0.3) is 0 Å². The third-order valence-corrected chi connectivity index (χ3v) is 3.42. The molecule has 1 fully saturated rings. The van der Waals surface area contributed by atoms with Gasteiger partial charge in [-0.05, 0) is 13.3 Å². The van der Waals surface area contributed by atoms with E-state index in [-0.39, 0.29) is 17.7 Å². The van der Waals surface area contributed by atoms with Crippen LogP contribution in [0.5, 0.6) is 0 Å². The Balaban J connectivity index is 1.66. The van der Waals surface area contributed by atoms with Crippen LogP contribution in [0.1, 0.15) is 19.8 Å². The number of hydrogen-bond acceptors (Lipinski definition) is 3. The lowest BCUT2D eigenvalue weighted by Gasteiger charge is -2.13. The SMILES string of the molecule is CCN1CC(C(=O)NCCCn2ccnc2)CC1=O. The molecule has 1 aromatic heterocycles. The van der Waals surface area contributed by atoms with Crippen molar-refractivity contribution in [3.8, 4) is 0 Å². The number of nitrogens with one attached hydrogen (secondary N) is 1. The molecule has 1 aliphatic rings.